The standard InChI is InChI=1S/C11H18N2O4S2/c1-10-4-3-5-11(8-10)9-19(16,17)13-6-7-18(14,15)12-2/h3-5,8,12-13H,6-7,9H2,1-2H3. The largest absolute Gasteiger partial charge is 0.218 e. The van der Waals surface area contributed by atoms with Gasteiger partial charge in [0.05, 0.1) is 11.5 Å². The van der Waals surface area contributed by atoms with Gasteiger partial charge >= 0.3 is 0 Å². The number of aryl methyl sites for hydroxylation is 1. The van der Waals surface area contributed by atoms with E-state index in [0.717, 1.165) is 5.56 Å². The molecule has 1 rings (SSSR count). The van der Waals surface area contributed by atoms with Gasteiger partial charge in [0.2, 0.25) is 20.0 Å². The predicted octanol–water partition coefficient (Wildman–Crippen LogP) is -0.0364. The van der Waals surface area contributed by atoms with Crippen LogP contribution in [0.3, 0.4) is 0 Å². The Kier molecular flexibility index (Phi) is 5.48. The summed E-state index contributed by atoms with van der Waals surface area (Å²) in [5, 5.41) is 0. The number of nitrogens with one attached hydrogen (secondary N) is 2. The van der Waals surface area contributed by atoms with Crippen molar-refractivity contribution in [3.05, 3.63) is 35.4 Å². The summed E-state index contributed by atoms with van der Waals surface area (Å²) in [6.45, 7) is 1.74. The third kappa shape index (κ3) is 6.15. The maximum Gasteiger partial charge on any atom is 0.215 e. The fourth-order valence-electron chi connectivity index (χ4n) is 1.51. The molecule has 0 atom stereocenters. The van der Waals surface area contributed by atoms with Gasteiger partial charge in [-0.2, -0.15) is 0 Å². The molecular formula is C11H18N2O4S2. The molecule has 108 valence electrons. The molecule has 0 aliphatic heterocycles. The second kappa shape index (κ2) is 6.47. The zero-order valence-corrected chi connectivity index (χ0v) is 12.5. The summed E-state index contributed by atoms with van der Waals surface area (Å²) in [6.07, 6.45) is 0. The molecule has 0 aromatic heterocycles. The third-order valence-electron chi connectivity index (χ3n) is 2.44. The summed E-state index contributed by atoms with van der Waals surface area (Å²) in [5.41, 5.74) is 1.65. The van der Waals surface area contributed by atoms with Gasteiger partial charge in [0, 0.05) is 6.54 Å². The van der Waals surface area contributed by atoms with Crippen LogP contribution in [0.1, 0.15) is 11.1 Å². The summed E-state index contributed by atoms with van der Waals surface area (Å²) in [6, 6.07) is 7.16. The van der Waals surface area contributed by atoms with Crippen LogP contribution in [0.25, 0.3) is 0 Å². The Morgan fingerprint density at radius 1 is 1.11 bits per heavy atom. The first kappa shape index (κ1) is 16.1. The van der Waals surface area contributed by atoms with Crippen molar-refractivity contribution in [2.45, 2.75) is 12.7 Å². The number of hydrogen-bond acceptors (Lipinski definition) is 4. The molecule has 0 aliphatic rings. The highest BCUT2D eigenvalue weighted by atomic mass is 32.2. The Morgan fingerprint density at radius 3 is 2.37 bits per heavy atom. The first-order valence-corrected chi connectivity index (χ1v) is 8.99. The smallest absolute Gasteiger partial charge is 0.215 e. The van der Waals surface area contributed by atoms with E-state index in [0.29, 0.717) is 5.56 Å². The zero-order valence-electron chi connectivity index (χ0n) is 10.9. The highest BCUT2D eigenvalue weighted by Gasteiger charge is 2.13. The Balaban J connectivity index is 2.58. The van der Waals surface area contributed by atoms with Crippen LogP contribution in [0.2, 0.25) is 0 Å². The van der Waals surface area contributed by atoms with Gasteiger partial charge in [-0.05, 0) is 19.5 Å². The molecule has 2 N–H and O–H groups in total. The van der Waals surface area contributed by atoms with E-state index in [1.807, 2.05) is 13.0 Å². The van der Waals surface area contributed by atoms with Crippen LogP contribution in [0.5, 0.6) is 0 Å². The molecule has 6 nitrogen and oxygen atoms in total. The van der Waals surface area contributed by atoms with Crippen LogP contribution in [-0.4, -0.2) is 36.2 Å². The van der Waals surface area contributed by atoms with Gasteiger partial charge < -0.3 is 0 Å². The van der Waals surface area contributed by atoms with Crippen molar-refractivity contribution >= 4 is 20.0 Å². The predicted molar refractivity (Wildman–Crippen MR) is 74.7 cm³/mol. The Hall–Kier alpha value is -0.960. The van der Waals surface area contributed by atoms with Crippen LogP contribution >= 0.6 is 0 Å². The molecule has 1 aromatic rings. The molecule has 1 aromatic carbocycles. The minimum absolute atomic E-state index is 0.142. The van der Waals surface area contributed by atoms with E-state index in [4.69, 9.17) is 0 Å². The lowest BCUT2D eigenvalue weighted by Crippen LogP contribution is -2.33. The van der Waals surface area contributed by atoms with Gasteiger partial charge in [-0.25, -0.2) is 26.3 Å². The van der Waals surface area contributed by atoms with Gasteiger partial charge in [-0.3, -0.25) is 0 Å². The lowest BCUT2D eigenvalue weighted by molar-refractivity contribution is 0.578. The van der Waals surface area contributed by atoms with Gasteiger partial charge in [0.1, 0.15) is 0 Å². The minimum Gasteiger partial charge on any atom is -0.218 e. The van der Waals surface area contributed by atoms with Crippen LogP contribution in [0.4, 0.5) is 0 Å². The van der Waals surface area contributed by atoms with Crippen molar-refractivity contribution in [2.24, 2.45) is 0 Å². The first-order chi connectivity index (χ1) is 8.74. The van der Waals surface area contributed by atoms with E-state index < -0.39 is 20.0 Å². The van der Waals surface area contributed by atoms with Crippen LogP contribution in [0.15, 0.2) is 24.3 Å². The van der Waals surface area contributed by atoms with Crippen molar-refractivity contribution in [3.8, 4) is 0 Å². The quantitative estimate of drug-likeness (QED) is 0.739. The Morgan fingerprint density at radius 2 is 1.79 bits per heavy atom. The fraction of sp³-hybridized carbons (Fsp3) is 0.455. The topological polar surface area (TPSA) is 92.3 Å². The molecule has 0 amide bonds. The van der Waals surface area contributed by atoms with Gasteiger partial charge in [0.15, 0.2) is 0 Å². The van der Waals surface area contributed by atoms with Crippen LogP contribution < -0.4 is 9.44 Å². The van der Waals surface area contributed by atoms with Crippen molar-refractivity contribution in [2.75, 3.05) is 19.3 Å². The Labute approximate surface area is 114 Å². The van der Waals surface area contributed by atoms with Gasteiger partial charge in [0.25, 0.3) is 0 Å². The maximum atomic E-state index is 11.8. The van der Waals surface area contributed by atoms with E-state index >= 15 is 0 Å². The van der Waals surface area contributed by atoms with Crippen LogP contribution in [0, 0.1) is 6.92 Å². The van der Waals surface area contributed by atoms with Crippen molar-refractivity contribution in [1.29, 1.82) is 0 Å². The van der Waals surface area contributed by atoms with Gasteiger partial charge in [-0.1, -0.05) is 29.8 Å². The van der Waals surface area contributed by atoms with E-state index in [1.54, 1.807) is 18.2 Å². The second-order valence-electron chi connectivity index (χ2n) is 4.17. The molecule has 0 saturated carbocycles. The summed E-state index contributed by atoms with van der Waals surface area (Å²) >= 11 is 0. The molecule has 0 saturated heterocycles. The van der Waals surface area contributed by atoms with E-state index in [9.17, 15) is 16.8 Å². The number of sulfonamides is 2. The molecule has 8 heteroatoms. The van der Waals surface area contributed by atoms with Gasteiger partial charge in [-0.15, -0.1) is 0 Å². The monoisotopic (exact) mass is 306 g/mol. The third-order valence-corrected chi connectivity index (χ3v) is 5.16. The summed E-state index contributed by atoms with van der Waals surface area (Å²) in [7, 11) is -5.63. The second-order valence-corrected chi connectivity index (χ2v) is 8.02. The fourth-order valence-corrected chi connectivity index (χ4v) is 3.34. The zero-order chi connectivity index (χ0) is 14.5. The number of rotatable bonds is 7. The first-order valence-electron chi connectivity index (χ1n) is 5.68. The highest BCUT2D eigenvalue weighted by molar-refractivity contribution is 7.90. The molecule has 0 spiro atoms. The summed E-state index contributed by atoms with van der Waals surface area (Å²) < 4.78 is 50.2. The lowest BCUT2D eigenvalue weighted by Gasteiger charge is -2.07. The van der Waals surface area contributed by atoms with Crippen molar-refractivity contribution in [3.63, 3.8) is 0 Å². The molecule has 0 unspecified atom stereocenters. The SMILES string of the molecule is CNS(=O)(=O)CCNS(=O)(=O)Cc1cccc(C)c1. The number of benzene rings is 1. The molecular weight excluding hydrogens is 288 g/mol. The molecule has 0 radical (unpaired) electrons. The summed E-state index contributed by atoms with van der Waals surface area (Å²) in [5.74, 6) is -0.440. The molecule has 0 aliphatic carbocycles. The number of hydrogen-bond donors (Lipinski definition) is 2. The average Bonchev–Trinajstić information content (AvgIpc) is 2.27. The molecule has 0 heterocycles. The van der Waals surface area contributed by atoms with E-state index in [1.165, 1.54) is 7.05 Å². The lowest BCUT2D eigenvalue weighted by atomic mass is 10.2. The van der Waals surface area contributed by atoms with Crippen molar-refractivity contribution < 1.29 is 16.8 Å². The normalized spacial score (nSPS) is 12.5. The average molecular weight is 306 g/mol. The minimum atomic E-state index is -3.52. The van der Waals surface area contributed by atoms with Crippen LogP contribution in [-0.2, 0) is 25.8 Å². The maximum absolute atomic E-state index is 11.8. The van der Waals surface area contributed by atoms with Crippen molar-refractivity contribution in [1.82, 2.24) is 9.44 Å². The highest BCUT2D eigenvalue weighted by Crippen LogP contribution is 2.07. The molecule has 0 bridgehead atoms. The summed E-state index contributed by atoms with van der Waals surface area (Å²) in [4.78, 5) is 0. The van der Waals surface area contributed by atoms with E-state index in [2.05, 4.69) is 9.44 Å². The molecule has 19 heavy (non-hydrogen) atoms. The molecule has 0 fully saturated rings. The van der Waals surface area contributed by atoms with E-state index in [-0.39, 0.29) is 18.1 Å². The Bertz CT molecular complexity index is 624.